The number of hydrogen-bond donors (Lipinski definition) is 1. The van der Waals surface area contributed by atoms with Crippen molar-refractivity contribution in [2.45, 2.75) is 50.7 Å². The van der Waals surface area contributed by atoms with Crippen LogP contribution in [0.25, 0.3) is 0 Å². The monoisotopic (exact) mass is 354 g/mol. The van der Waals surface area contributed by atoms with E-state index in [-0.39, 0.29) is 17.9 Å². The molecule has 1 atom stereocenters. The average molecular weight is 354 g/mol. The fraction of sp³-hybridized carbons (Fsp3) is 0.400. The molecular formula is C20H22N2O2S. The SMILES string of the molecule is O=C(NC1CCCCC1)[C@@H]1c2ccccc2C(=O)N1Cc1cccs1. The van der Waals surface area contributed by atoms with Gasteiger partial charge in [0.05, 0.1) is 6.54 Å². The number of hydrogen-bond acceptors (Lipinski definition) is 3. The molecule has 1 saturated carbocycles. The average Bonchev–Trinajstić information content (AvgIpc) is 3.24. The first-order valence-electron chi connectivity index (χ1n) is 8.96. The first kappa shape index (κ1) is 16.3. The first-order chi connectivity index (χ1) is 12.2. The number of nitrogens with zero attached hydrogens (tertiary/aromatic N) is 1. The third-order valence-electron chi connectivity index (χ3n) is 5.16. The quantitative estimate of drug-likeness (QED) is 0.905. The van der Waals surface area contributed by atoms with E-state index in [9.17, 15) is 9.59 Å². The Balaban J connectivity index is 1.60. The molecule has 2 heterocycles. The molecule has 0 saturated heterocycles. The second-order valence-corrected chi connectivity index (χ2v) is 7.88. The highest BCUT2D eigenvalue weighted by Crippen LogP contribution is 2.35. The van der Waals surface area contributed by atoms with Crippen LogP contribution in [0, 0.1) is 0 Å². The van der Waals surface area contributed by atoms with Crippen LogP contribution in [0.3, 0.4) is 0 Å². The molecule has 2 aromatic rings. The zero-order chi connectivity index (χ0) is 17.2. The van der Waals surface area contributed by atoms with E-state index in [0.717, 1.165) is 23.3 Å². The second kappa shape index (κ2) is 7.00. The predicted molar refractivity (Wildman–Crippen MR) is 98.4 cm³/mol. The molecule has 1 N–H and O–H groups in total. The van der Waals surface area contributed by atoms with Crippen molar-refractivity contribution in [3.63, 3.8) is 0 Å². The Morgan fingerprint density at radius 2 is 1.92 bits per heavy atom. The second-order valence-electron chi connectivity index (χ2n) is 6.85. The minimum absolute atomic E-state index is 0.0400. The van der Waals surface area contributed by atoms with Gasteiger partial charge in [-0.05, 0) is 35.9 Å². The van der Waals surface area contributed by atoms with Crippen molar-refractivity contribution in [2.24, 2.45) is 0 Å². The molecule has 5 heteroatoms. The van der Waals surface area contributed by atoms with Gasteiger partial charge in [-0.1, -0.05) is 43.5 Å². The lowest BCUT2D eigenvalue weighted by Gasteiger charge is -2.28. The third kappa shape index (κ3) is 3.21. The minimum atomic E-state index is -0.521. The molecule has 1 aliphatic heterocycles. The van der Waals surface area contributed by atoms with Crippen LogP contribution in [0.1, 0.15) is 58.9 Å². The number of nitrogens with one attached hydrogen (secondary N) is 1. The first-order valence-corrected chi connectivity index (χ1v) is 9.84. The van der Waals surface area contributed by atoms with Gasteiger partial charge in [-0.25, -0.2) is 0 Å². The Morgan fingerprint density at radius 1 is 1.12 bits per heavy atom. The molecular weight excluding hydrogens is 332 g/mol. The van der Waals surface area contributed by atoms with Gasteiger partial charge in [-0.2, -0.15) is 0 Å². The lowest BCUT2D eigenvalue weighted by molar-refractivity contribution is -0.126. The molecule has 25 heavy (non-hydrogen) atoms. The Labute approximate surface area is 151 Å². The van der Waals surface area contributed by atoms with E-state index in [1.807, 2.05) is 41.8 Å². The van der Waals surface area contributed by atoms with Gasteiger partial charge in [0, 0.05) is 16.5 Å². The third-order valence-corrected chi connectivity index (χ3v) is 6.03. The number of benzene rings is 1. The standard InChI is InChI=1S/C20H22N2O2S/c23-19(21-14-7-2-1-3-8-14)18-16-10-4-5-11-17(16)20(24)22(18)13-15-9-6-12-25-15/h4-6,9-12,14,18H,1-3,7-8,13H2,(H,21,23)/t18-/m0/s1. The van der Waals surface area contributed by atoms with Crippen LogP contribution in [-0.4, -0.2) is 22.8 Å². The van der Waals surface area contributed by atoms with Crippen molar-refractivity contribution in [1.82, 2.24) is 10.2 Å². The summed E-state index contributed by atoms with van der Waals surface area (Å²) < 4.78 is 0. The number of amides is 2. The van der Waals surface area contributed by atoms with Gasteiger partial charge in [0.2, 0.25) is 5.91 Å². The smallest absolute Gasteiger partial charge is 0.255 e. The molecule has 1 aromatic heterocycles. The summed E-state index contributed by atoms with van der Waals surface area (Å²) in [6.45, 7) is 0.480. The molecule has 0 bridgehead atoms. The summed E-state index contributed by atoms with van der Waals surface area (Å²) in [7, 11) is 0. The Morgan fingerprint density at radius 3 is 2.68 bits per heavy atom. The molecule has 130 valence electrons. The van der Waals surface area contributed by atoms with Crippen molar-refractivity contribution >= 4 is 23.2 Å². The minimum Gasteiger partial charge on any atom is -0.351 e. The van der Waals surface area contributed by atoms with E-state index in [2.05, 4.69) is 5.32 Å². The van der Waals surface area contributed by atoms with Crippen molar-refractivity contribution in [3.05, 3.63) is 57.8 Å². The largest absolute Gasteiger partial charge is 0.351 e. The molecule has 0 spiro atoms. The van der Waals surface area contributed by atoms with E-state index in [1.165, 1.54) is 19.3 Å². The van der Waals surface area contributed by atoms with E-state index in [0.29, 0.717) is 12.1 Å². The molecule has 1 fully saturated rings. The molecule has 2 amide bonds. The highest BCUT2D eigenvalue weighted by molar-refractivity contribution is 7.09. The predicted octanol–water partition coefficient (Wildman–Crippen LogP) is 3.89. The van der Waals surface area contributed by atoms with Crippen LogP contribution in [0.5, 0.6) is 0 Å². The van der Waals surface area contributed by atoms with Crippen LogP contribution in [-0.2, 0) is 11.3 Å². The summed E-state index contributed by atoms with van der Waals surface area (Å²) in [5.41, 5.74) is 1.49. The van der Waals surface area contributed by atoms with Crippen molar-refractivity contribution < 1.29 is 9.59 Å². The zero-order valence-electron chi connectivity index (χ0n) is 14.1. The Kier molecular flexibility index (Phi) is 4.57. The van der Waals surface area contributed by atoms with Crippen LogP contribution >= 0.6 is 11.3 Å². The van der Waals surface area contributed by atoms with Gasteiger partial charge in [-0.3, -0.25) is 9.59 Å². The number of carbonyl (C=O) groups excluding carboxylic acids is 2. The lowest BCUT2D eigenvalue weighted by atomic mass is 9.95. The van der Waals surface area contributed by atoms with Gasteiger partial charge in [0.25, 0.3) is 5.91 Å². The molecule has 0 unspecified atom stereocenters. The number of rotatable bonds is 4. The van der Waals surface area contributed by atoms with Crippen LogP contribution in [0.15, 0.2) is 41.8 Å². The highest BCUT2D eigenvalue weighted by atomic mass is 32.1. The molecule has 0 radical (unpaired) electrons. The van der Waals surface area contributed by atoms with E-state index in [1.54, 1.807) is 16.2 Å². The van der Waals surface area contributed by atoms with Gasteiger partial charge in [0.1, 0.15) is 6.04 Å². The summed E-state index contributed by atoms with van der Waals surface area (Å²) in [6.07, 6.45) is 5.67. The summed E-state index contributed by atoms with van der Waals surface area (Å²) in [5, 5.41) is 5.20. The topological polar surface area (TPSA) is 49.4 Å². The Hall–Kier alpha value is -2.14. The summed E-state index contributed by atoms with van der Waals surface area (Å²) in [5.74, 6) is -0.0884. The molecule has 4 rings (SSSR count). The number of fused-ring (bicyclic) bond motifs is 1. The molecule has 2 aliphatic rings. The van der Waals surface area contributed by atoms with Crippen LogP contribution < -0.4 is 5.32 Å². The van der Waals surface area contributed by atoms with Crippen LogP contribution in [0.4, 0.5) is 0 Å². The van der Waals surface area contributed by atoms with E-state index >= 15 is 0 Å². The maximum absolute atomic E-state index is 13.1. The Bertz CT molecular complexity index is 766. The van der Waals surface area contributed by atoms with Crippen molar-refractivity contribution in [2.75, 3.05) is 0 Å². The van der Waals surface area contributed by atoms with Crippen molar-refractivity contribution in [1.29, 1.82) is 0 Å². The fourth-order valence-corrected chi connectivity index (χ4v) is 4.62. The van der Waals surface area contributed by atoms with Gasteiger partial charge < -0.3 is 10.2 Å². The van der Waals surface area contributed by atoms with E-state index in [4.69, 9.17) is 0 Å². The number of thiophene rings is 1. The molecule has 1 aromatic carbocycles. The maximum Gasteiger partial charge on any atom is 0.255 e. The van der Waals surface area contributed by atoms with Gasteiger partial charge in [0.15, 0.2) is 0 Å². The highest BCUT2D eigenvalue weighted by Gasteiger charge is 2.41. The van der Waals surface area contributed by atoms with E-state index < -0.39 is 6.04 Å². The normalized spacial score (nSPS) is 20.6. The van der Waals surface area contributed by atoms with Gasteiger partial charge >= 0.3 is 0 Å². The summed E-state index contributed by atoms with van der Waals surface area (Å²) >= 11 is 1.61. The summed E-state index contributed by atoms with van der Waals surface area (Å²) in [6, 6.07) is 11.2. The summed E-state index contributed by atoms with van der Waals surface area (Å²) in [4.78, 5) is 28.8. The molecule has 1 aliphatic carbocycles. The molecule has 4 nitrogen and oxygen atoms in total. The zero-order valence-corrected chi connectivity index (χ0v) is 14.9. The maximum atomic E-state index is 13.1. The fourth-order valence-electron chi connectivity index (χ4n) is 3.91. The van der Waals surface area contributed by atoms with Crippen LogP contribution in [0.2, 0.25) is 0 Å². The van der Waals surface area contributed by atoms with Gasteiger partial charge in [-0.15, -0.1) is 11.3 Å². The lowest BCUT2D eigenvalue weighted by Crippen LogP contribution is -2.43. The number of carbonyl (C=O) groups is 2. The van der Waals surface area contributed by atoms with Crippen molar-refractivity contribution in [3.8, 4) is 0 Å².